The minimum Gasteiger partial charge on any atom is -0.454 e. The van der Waals surface area contributed by atoms with Crippen LogP contribution in [0.4, 0.5) is 5.69 Å². The van der Waals surface area contributed by atoms with Crippen molar-refractivity contribution in [3.05, 3.63) is 89.0 Å². The van der Waals surface area contributed by atoms with Gasteiger partial charge in [-0.3, -0.25) is 4.31 Å². The Morgan fingerprint density at radius 3 is 2.56 bits per heavy atom. The Hall–Kier alpha value is -3.03. The van der Waals surface area contributed by atoms with Crippen molar-refractivity contribution in [1.82, 2.24) is 4.90 Å². The van der Waals surface area contributed by atoms with Gasteiger partial charge in [0.1, 0.15) is 0 Å². The second-order valence-corrected chi connectivity index (χ2v) is 11.8. The van der Waals surface area contributed by atoms with Gasteiger partial charge in [0, 0.05) is 13.1 Å². The van der Waals surface area contributed by atoms with E-state index in [1.807, 2.05) is 48.5 Å². The number of fused-ring (bicyclic) bond motifs is 2. The lowest BCUT2D eigenvalue weighted by Crippen LogP contribution is -2.32. The Bertz CT molecular complexity index is 1310. The van der Waals surface area contributed by atoms with E-state index < -0.39 is 10.0 Å². The molecule has 0 bridgehead atoms. The summed E-state index contributed by atoms with van der Waals surface area (Å²) < 4.78 is 38.3. The third-order valence-corrected chi connectivity index (χ3v) is 8.32. The van der Waals surface area contributed by atoms with E-state index >= 15 is 0 Å². The molecular formula is C29H34N2O4S. The molecule has 3 aromatic rings. The first-order valence-electron chi connectivity index (χ1n) is 12.6. The number of hydrogen-bond acceptors (Lipinski definition) is 5. The van der Waals surface area contributed by atoms with Crippen LogP contribution >= 0.6 is 0 Å². The van der Waals surface area contributed by atoms with Crippen molar-refractivity contribution in [1.29, 1.82) is 0 Å². The predicted molar refractivity (Wildman–Crippen MR) is 143 cm³/mol. The molecule has 5 rings (SSSR count). The van der Waals surface area contributed by atoms with E-state index in [-0.39, 0.29) is 0 Å². The van der Waals surface area contributed by atoms with E-state index in [0.29, 0.717) is 19.3 Å². The summed E-state index contributed by atoms with van der Waals surface area (Å²) in [5.74, 6) is 2.03. The molecule has 3 aromatic carbocycles. The molecule has 0 spiro atoms. The van der Waals surface area contributed by atoms with E-state index in [9.17, 15) is 8.42 Å². The molecular weight excluding hydrogens is 472 g/mol. The summed E-state index contributed by atoms with van der Waals surface area (Å²) in [6, 6.07) is 22.1. The minimum absolute atomic E-state index is 0.296. The molecule has 0 saturated carbocycles. The normalized spacial score (nSPS) is 16.7. The van der Waals surface area contributed by atoms with Gasteiger partial charge in [-0.15, -0.1) is 0 Å². The van der Waals surface area contributed by atoms with Gasteiger partial charge in [0.15, 0.2) is 11.5 Å². The van der Waals surface area contributed by atoms with E-state index in [1.54, 1.807) is 4.31 Å². The number of likely N-dealkylation sites (N-methyl/N-ethyl adjacent to an activating group) is 1. The molecule has 1 heterocycles. The summed E-state index contributed by atoms with van der Waals surface area (Å²) in [6.45, 7) is 2.52. The van der Waals surface area contributed by atoms with Gasteiger partial charge in [0.2, 0.25) is 16.8 Å². The highest BCUT2D eigenvalue weighted by Crippen LogP contribution is 2.39. The number of ether oxygens (including phenoxy) is 2. The first-order chi connectivity index (χ1) is 17.4. The second kappa shape index (κ2) is 10.5. The maximum atomic E-state index is 12.9. The molecule has 0 N–H and O–H groups in total. The molecule has 0 radical (unpaired) electrons. The van der Waals surface area contributed by atoms with Gasteiger partial charge in [0.25, 0.3) is 0 Å². The van der Waals surface area contributed by atoms with E-state index in [0.717, 1.165) is 61.5 Å². The number of anilines is 1. The zero-order valence-electron chi connectivity index (χ0n) is 21.0. The smallest absolute Gasteiger partial charge is 0.232 e. The van der Waals surface area contributed by atoms with Gasteiger partial charge in [-0.05, 0) is 79.1 Å². The highest BCUT2D eigenvalue weighted by Gasteiger charge is 2.28. The van der Waals surface area contributed by atoms with Crippen LogP contribution in [-0.4, -0.2) is 46.5 Å². The molecule has 0 amide bonds. The first-order valence-corrected chi connectivity index (χ1v) is 14.4. The largest absolute Gasteiger partial charge is 0.454 e. The van der Waals surface area contributed by atoms with Crippen LogP contribution in [0.25, 0.3) is 0 Å². The molecule has 36 heavy (non-hydrogen) atoms. The molecule has 1 atom stereocenters. The van der Waals surface area contributed by atoms with Crippen molar-refractivity contribution in [3.8, 4) is 11.5 Å². The number of sulfonamides is 1. The van der Waals surface area contributed by atoms with Gasteiger partial charge in [0.05, 0.1) is 18.5 Å². The summed E-state index contributed by atoms with van der Waals surface area (Å²) >= 11 is 0. The molecule has 190 valence electrons. The number of hydrogen-bond donors (Lipinski definition) is 0. The monoisotopic (exact) mass is 506 g/mol. The summed E-state index contributed by atoms with van der Waals surface area (Å²) in [5, 5.41) is 0. The second-order valence-electron chi connectivity index (χ2n) is 9.89. The quantitative estimate of drug-likeness (QED) is 0.410. The average Bonchev–Trinajstić information content (AvgIpc) is 3.34. The average molecular weight is 507 g/mol. The fraction of sp³-hybridized carbons (Fsp3) is 0.379. The van der Waals surface area contributed by atoms with Gasteiger partial charge in [-0.2, -0.15) is 0 Å². The number of rotatable bonds is 9. The molecule has 6 nitrogen and oxygen atoms in total. The maximum absolute atomic E-state index is 12.9. The van der Waals surface area contributed by atoms with Crippen LogP contribution in [-0.2, 0) is 29.4 Å². The standard InChI is InChI=1S/C29H34N2O4S/c1-30(17-16-22-14-15-28-29(18-22)35-21-34-28)20-24-10-6-12-26-25(24)11-7-13-27(26)31(36(2,32)33)19-23-8-4-3-5-9-23/h3-5,7-9,11,13-15,18,24H,6,10,12,16-17,19-21H2,1-2H3. The molecule has 2 aliphatic rings. The van der Waals surface area contributed by atoms with E-state index in [4.69, 9.17) is 9.47 Å². The van der Waals surface area contributed by atoms with Crippen LogP contribution in [0.3, 0.4) is 0 Å². The summed E-state index contributed by atoms with van der Waals surface area (Å²) in [6.07, 6.45) is 5.32. The van der Waals surface area contributed by atoms with Crippen molar-refractivity contribution < 1.29 is 17.9 Å². The summed E-state index contributed by atoms with van der Waals surface area (Å²) in [4.78, 5) is 2.38. The lowest BCUT2D eigenvalue weighted by molar-refractivity contribution is 0.174. The summed E-state index contributed by atoms with van der Waals surface area (Å²) in [5.41, 5.74) is 5.51. The Balaban J connectivity index is 1.31. The maximum Gasteiger partial charge on any atom is 0.232 e. The molecule has 1 unspecified atom stereocenters. The van der Waals surface area contributed by atoms with Gasteiger partial charge >= 0.3 is 0 Å². The lowest BCUT2D eigenvalue weighted by Gasteiger charge is -2.33. The van der Waals surface area contributed by atoms with Crippen LogP contribution in [0, 0.1) is 0 Å². The van der Waals surface area contributed by atoms with Crippen LogP contribution < -0.4 is 13.8 Å². The van der Waals surface area contributed by atoms with Gasteiger partial charge in [-0.25, -0.2) is 8.42 Å². The molecule has 1 aliphatic carbocycles. The molecule has 7 heteroatoms. The third-order valence-electron chi connectivity index (χ3n) is 7.20. The Morgan fingerprint density at radius 2 is 1.75 bits per heavy atom. The number of benzene rings is 3. The Labute approximate surface area is 214 Å². The molecule has 0 fully saturated rings. The lowest BCUT2D eigenvalue weighted by atomic mass is 9.81. The SMILES string of the molecule is CN(CCc1ccc2c(c1)OCO2)CC1CCCc2c1cccc2N(Cc1ccccc1)S(C)(=O)=O. The van der Waals surface area contributed by atoms with Crippen LogP contribution in [0.2, 0.25) is 0 Å². The van der Waals surface area contributed by atoms with Crippen LogP contribution in [0.5, 0.6) is 11.5 Å². The van der Waals surface area contributed by atoms with Crippen molar-refractivity contribution in [2.75, 3.05) is 37.5 Å². The fourth-order valence-corrected chi connectivity index (χ4v) is 6.28. The first kappa shape index (κ1) is 24.7. The Morgan fingerprint density at radius 1 is 0.944 bits per heavy atom. The van der Waals surface area contributed by atoms with Crippen molar-refractivity contribution >= 4 is 15.7 Å². The predicted octanol–water partition coefficient (Wildman–Crippen LogP) is 4.98. The topological polar surface area (TPSA) is 59.1 Å². The summed E-state index contributed by atoms with van der Waals surface area (Å²) in [7, 11) is -1.26. The highest BCUT2D eigenvalue weighted by molar-refractivity contribution is 7.92. The molecule has 0 saturated heterocycles. The van der Waals surface area contributed by atoms with Crippen molar-refractivity contribution in [3.63, 3.8) is 0 Å². The van der Waals surface area contributed by atoms with E-state index in [1.165, 1.54) is 22.9 Å². The zero-order chi connectivity index (χ0) is 25.1. The van der Waals surface area contributed by atoms with E-state index in [2.05, 4.69) is 30.1 Å². The third kappa shape index (κ3) is 5.52. The fourth-order valence-electron chi connectivity index (χ4n) is 5.37. The van der Waals surface area contributed by atoms with Crippen molar-refractivity contribution in [2.24, 2.45) is 0 Å². The molecule has 1 aliphatic heterocycles. The minimum atomic E-state index is -3.43. The van der Waals surface area contributed by atoms with Gasteiger partial charge in [-0.1, -0.05) is 48.5 Å². The zero-order valence-corrected chi connectivity index (χ0v) is 21.8. The van der Waals surface area contributed by atoms with Crippen molar-refractivity contribution in [2.45, 2.75) is 38.1 Å². The van der Waals surface area contributed by atoms with Crippen LogP contribution in [0.1, 0.15) is 41.0 Å². The Kier molecular flexibility index (Phi) is 7.21. The molecule has 0 aromatic heterocycles. The van der Waals surface area contributed by atoms with Gasteiger partial charge < -0.3 is 14.4 Å². The highest BCUT2D eigenvalue weighted by atomic mass is 32.2. The van der Waals surface area contributed by atoms with Crippen LogP contribution in [0.15, 0.2) is 66.7 Å². The number of nitrogens with zero attached hydrogens (tertiary/aromatic N) is 2.